The molecule has 10 rings (SSSR count). The molecule has 45 heavy (non-hydrogen) atoms. The lowest BCUT2D eigenvalue weighted by molar-refractivity contribution is 0.795. The van der Waals surface area contributed by atoms with Crippen LogP contribution >= 0.6 is 0 Å². The molecule has 0 aliphatic rings. The van der Waals surface area contributed by atoms with Crippen LogP contribution in [0.5, 0.6) is 0 Å². The molecule has 0 amide bonds. The third-order valence-corrected chi connectivity index (χ3v) is 9.09. The average molecular weight is 577 g/mol. The van der Waals surface area contributed by atoms with Crippen LogP contribution in [-0.2, 0) is 0 Å². The lowest BCUT2D eigenvalue weighted by Crippen LogP contribution is -2.14. The molecule has 0 unspecified atom stereocenters. The van der Waals surface area contributed by atoms with Crippen LogP contribution in [0.2, 0.25) is 0 Å². The summed E-state index contributed by atoms with van der Waals surface area (Å²) in [7, 11) is 0. The van der Waals surface area contributed by atoms with Crippen LogP contribution in [0.4, 0.5) is 0 Å². The van der Waals surface area contributed by atoms with Gasteiger partial charge in [0, 0.05) is 32.3 Å². The van der Waals surface area contributed by atoms with E-state index in [4.69, 9.17) is 10.2 Å². The Labute approximate surface area is 257 Å². The highest BCUT2D eigenvalue weighted by atomic mass is 15.4. The minimum atomic E-state index is 0.714. The Kier molecular flexibility index (Phi) is 4.90. The molecule has 6 aromatic carbocycles. The second kappa shape index (κ2) is 9.11. The first kappa shape index (κ1) is 24.2. The smallest absolute Gasteiger partial charge is 0.190 e. The van der Waals surface area contributed by atoms with Gasteiger partial charge in [0.15, 0.2) is 11.6 Å². The third-order valence-electron chi connectivity index (χ3n) is 9.09. The van der Waals surface area contributed by atoms with Gasteiger partial charge in [0.05, 0.1) is 33.1 Å². The van der Waals surface area contributed by atoms with Crippen molar-refractivity contribution >= 4 is 65.4 Å². The minimum absolute atomic E-state index is 0.714. The lowest BCUT2D eigenvalue weighted by atomic mass is 10.2. The van der Waals surface area contributed by atoms with Crippen molar-refractivity contribution in [2.45, 2.75) is 0 Å². The van der Waals surface area contributed by atoms with E-state index >= 15 is 0 Å². The second-order valence-electron chi connectivity index (χ2n) is 11.4. The fourth-order valence-corrected chi connectivity index (χ4v) is 7.27. The summed E-state index contributed by atoms with van der Waals surface area (Å²) in [4.78, 5) is 0. The molecule has 0 bridgehead atoms. The van der Waals surface area contributed by atoms with E-state index in [-0.39, 0.29) is 0 Å². The zero-order valence-corrected chi connectivity index (χ0v) is 24.0. The molecular weight excluding hydrogens is 552 g/mol. The van der Waals surface area contributed by atoms with Gasteiger partial charge < -0.3 is 4.57 Å². The van der Waals surface area contributed by atoms with Crippen molar-refractivity contribution in [3.63, 3.8) is 0 Å². The monoisotopic (exact) mass is 576 g/mol. The molecule has 0 aliphatic carbocycles. The Morgan fingerprint density at radius 1 is 0.289 bits per heavy atom. The summed E-state index contributed by atoms with van der Waals surface area (Å²) >= 11 is 0. The van der Waals surface area contributed by atoms with Crippen molar-refractivity contribution < 1.29 is 0 Å². The van der Waals surface area contributed by atoms with Gasteiger partial charge in [0.1, 0.15) is 5.69 Å². The number of para-hydroxylation sites is 6. The van der Waals surface area contributed by atoms with Gasteiger partial charge >= 0.3 is 0 Å². The Hall–Kier alpha value is -6.27. The summed E-state index contributed by atoms with van der Waals surface area (Å²) in [5.41, 5.74) is 7.28. The molecule has 10 aromatic rings. The lowest BCUT2D eigenvalue weighted by Gasteiger charge is -2.19. The first-order valence-electron chi connectivity index (χ1n) is 15.1. The molecule has 0 saturated carbocycles. The minimum Gasteiger partial charge on any atom is -0.303 e. The van der Waals surface area contributed by atoms with Crippen molar-refractivity contribution in [2.24, 2.45) is 0 Å². The van der Waals surface area contributed by atoms with Crippen molar-refractivity contribution in [1.29, 1.82) is 0 Å². The fourth-order valence-electron chi connectivity index (χ4n) is 7.27. The van der Waals surface area contributed by atoms with E-state index < -0.39 is 0 Å². The summed E-state index contributed by atoms with van der Waals surface area (Å²) in [6.07, 6.45) is 0. The van der Waals surface area contributed by atoms with E-state index in [2.05, 4.69) is 165 Å². The van der Waals surface area contributed by atoms with Crippen LogP contribution in [0.1, 0.15) is 0 Å². The maximum atomic E-state index is 4.89. The Morgan fingerprint density at radius 2 is 0.533 bits per heavy atom. The average Bonchev–Trinajstić information content (AvgIpc) is 3.74. The molecule has 4 aromatic heterocycles. The van der Waals surface area contributed by atoms with Gasteiger partial charge in [-0.2, -0.15) is 0 Å². The summed E-state index contributed by atoms with van der Waals surface area (Å²) in [5, 5.41) is 21.3. The van der Waals surface area contributed by atoms with Gasteiger partial charge in [-0.1, -0.05) is 109 Å². The number of nitrogens with zero attached hydrogens (tertiary/aromatic N) is 6. The molecule has 0 N–H and O–H groups in total. The third kappa shape index (κ3) is 3.25. The zero-order valence-electron chi connectivity index (χ0n) is 24.0. The molecule has 0 fully saturated rings. The number of fused-ring (bicyclic) bond motifs is 9. The highest BCUT2D eigenvalue weighted by Gasteiger charge is 2.26. The molecule has 0 radical (unpaired) electrons. The Morgan fingerprint density at radius 3 is 0.822 bits per heavy atom. The first-order valence-corrected chi connectivity index (χ1v) is 15.1. The quantitative estimate of drug-likeness (QED) is 0.211. The Balaban J connectivity index is 1.46. The predicted molar refractivity (Wildman–Crippen MR) is 183 cm³/mol. The number of benzene rings is 6. The van der Waals surface area contributed by atoms with Crippen LogP contribution in [0.15, 0.2) is 146 Å². The van der Waals surface area contributed by atoms with Crippen molar-refractivity contribution in [3.8, 4) is 17.3 Å². The van der Waals surface area contributed by atoms with E-state index in [0.29, 0.717) is 11.6 Å². The number of hydrogen-bond donors (Lipinski definition) is 0. The summed E-state index contributed by atoms with van der Waals surface area (Å²) in [6.45, 7) is 0. The summed E-state index contributed by atoms with van der Waals surface area (Å²) < 4.78 is 6.81. The molecule has 0 atom stereocenters. The number of rotatable bonds is 3. The van der Waals surface area contributed by atoms with E-state index in [9.17, 15) is 0 Å². The topological polar surface area (TPSA) is 53.5 Å². The van der Waals surface area contributed by atoms with Gasteiger partial charge in [0.25, 0.3) is 0 Å². The normalized spacial score (nSPS) is 12.0. The predicted octanol–water partition coefficient (Wildman–Crippen LogP) is 9.16. The van der Waals surface area contributed by atoms with E-state index in [1.807, 2.05) is 0 Å². The van der Waals surface area contributed by atoms with Crippen LogP contribution in [0, 0.1) is 0 Å². The van der Waals surface area contributed by atoms with Crippen LogP contribution in [0.3, 0.4) is 0 Å². The SMILES string of the molecule is c1ccc2c(c1)c1ccccc1n2-c1nnnc(-n2c3ccccc3c3ccccc32)c1-n1c2ccccc2c2ccccc21. The first-order chi connectivity index (χ1) is 22.4. The number of aromatic nitrogens is 6. The van der Waals surface area contributed by atoms with E-state index in [1.54, 1.807) is 0 Å². The van der Waals surface area contributed by atoms with Crippen molar-refractivity contribution in [2.75, 3.05) is 0 Å². The van der Waals surface area contributed by atoms with Crippen LogP contribution in [0.25, 0.3) is 82.7 Å². The Bertz CT molecular complexity index is 2490. The molecule has 210 valence electrons. The largest absolute Gasteiger partial charge is 0.303 e. The highest BCUT2D eigenvalue weighted by molar-refractivity contribution is 6.13. The van der Waals surface area contributed by atoms with Crippen LogP contribution in [-0.4, -0.2) is 29.1 Å². The standard InChI is InChI=1S/C39H24N6/c1-7-19-31-25(13-1)26-14-2-8-20-32(26)43(31)37-38(44-33-21-9-3-15-27(33)28-16-4-10-22-34(28)44)40-42-41-39(37)45-35-23-11-5-17-29(35)30-18-6-12-24-36(30)45/h1-24H. The second-order valence-corrected chi connectivity index (χ2v) is 11.4. The van der Waals surface area contributed by atoms with Gasteiger partial charge in [0.2, 0.25) is 0 Å². The highest BCUT2D eigenvalue weighted by Crippen LogP contribution is 2.40. The van der Waals surface area contributed by atoms with Gasteiger partial charge in [-0.25, -0.2) is 0 Å². The van der Waals surface area contributed by atoms with Crippen molar-refractivity contribution in [1.82, 2.24) is 29.1 Å². The summed E-state index contributed by atoms with van der Waals surface area (Å²) in [5.74, 6) is 1.43. The molecule has 4 heterocycles. The van der Waals surface area contributed by atoms with Gasteiger partial charge in [-0.3, -0.25) is 9.13 Å². The maximum Gasteiger partial charge on any atom is 0.190 e. The molecule has 0 spiro atoms. The maximum absolute atomic E-state index is 4.89. The molecule has 6 heteroatoms. The van der Waals surface area contributed by atoms with Gasteiger partial charge in [-0.05, 0) is 41.6 Å². The van der Waals surface area contributed by atoms with Crippen molar-refractivity contribution in [3.05, 3.63) is 146 Å². The zero-order chi connectivity index (χ0) is 29.5. The fraction of sp³-hybridized carbons (Fsp3) is 0. The molecule has 0 saturated heterocycles. The summed E-state index contributed by atoms with van der Waals surface area (Å²) in [6, 6.07) is 51.2. The van der Waals surface area contributed by atoms with Crippen LogP contribution < -0.4 is 0 Å². The molecular formula is C39H24N6. The number of hydrogen-bond acceptors (Lipinski definition) is 3. The molecule has 0 aliphatic heterocycles. The van der Waals surface area contributed by atoms with Gasteiger partial charge in [-0.15, -0.1) is 10.2 Å². The van der Waals surface area contributed by atoms with E-state index in [1.165, 1.54) is 32.3 Å². The van der Waals surface area contributed by atoms with E-state index in [0.717, 1.165) is 38.8 Å². The molecule has 6 nitrogen and oxygen atoms in total.